The maximum atomic E-state index is 6.31. The minimum atomic E-state index is -0.0510. The molecule has 2 aromatic heterocycles. The second kappa shape index (κ2) is 18.0. The monoisotopic (exact) mass is 986 g/mol. The van der Waals surface area contributed by atoms with Crippen molar-refractivity contribution >= 4 is 65.4 Å². The van der Waals surface area contributed by atoms with Crippen LogP contribution in [0.3, 0.4) is 0 Å². The van der Waals surface area contributed by atoms with Crippen LogP contribution in [0.25, 0.3) is 121 Å². The standard InChI is InChI=1S/C75H54O2/c1-75(2)67-14-8-7-13-63(67)64-38-33-60(46-68(64)75)57(43-48-18-22-50(23-19-48)52-27-31-54(32-28-52)59-37-40-70-66(45-59)74-62-12-6-4-10-56(62)35-42-72(74)77-70)24-17-47-15-20-49(21-16-47)51-25-29-53(30-26-51)58-36-39-69-65(44-58)73-61-11-5-3-9-55(61)34-41-71(73)76-69/h3-16,18-23,25-42,44-46,57H,17,24,43H2,1-2H3. The van der Waals surface area contributed by atoms with Crippen molar-refractivity contribution in [1.82, 2.24) is 0 Å². The summed E-state index contributed by atoms with van der Waals surface area (Å²) < 4.78 is 12.6. The molecule has 0 saturated heterocycles. The van der Waals surface area contributed by atoms with E-state index in [1.165, 1.54) is 116 Å². The smallest absolute Gasteiger partial charge is 0.136 e. The van der Waals surface area contributed by atoms with Gasteiger partial charge in [0.25, 0.3) is 0 Å². The van der Waals surface area contributed by atoms with Crippen LogP contribution in [-0.4, -0.2) is 0 Å². The molecule has 0 N–H and O–H groups in total. The molecule has 0 bridgehead atoms. The zero-order chi connectivity index (χ0) is 51.2. The molecule has 0 radical (unpaired) electrons. The van der Waals surface area contributed by atoms with E-state index < -0.39 is 0 Å². The number of hydrogen-bond acceptors (Lipinski definition) is 2. The van der Waals surface area contributed by atoms with Gasteiger partial charge in [0.2, 0.25) is 0 Å². The molecule has 366 valence electrons. The van der Waals surface area contributed by atoms with E-state index in [1.54, 1.807) is 0 Å². The van der Waals surface area contributed by atoms with Crippen LogP contribution in [0.15, 0.2) is 258 Å². The molecule has 0 spiro atoms. The molecule has 0 aliphatic heterocycles. The SMILES string of the molecule is CC1(C)c2ccccc2-c2ccc(C(CCc3ccc(-c4ccc(-c5ccc6oc7ccc8ccccc8c7c6c5)cc4)cc3)Cc3ccc(-c4ccc(-c5ccc6oc7ccc8ccccc8c7c6c5)cc4)cc3)cc21. The summed E-state index contributed by atoms with van der Waals surface area (Å²) in [7, 11) is 0. The Morgan fingerprint density at radius 1 is 0.338 bits per heavy atom. The fourth-order valence-electron chi connectivity index (χ4n) is 12.8. The zero-order valence-electron chi connectivity index (χ0n) is 43.2. The summed E-state index contributed by atoms with van der Waals surface area (Å²) >= 11 is 0. The first-order valence-corrected chi connectivity index (χ1v) is 27.2. The van der Waals surface area contributed by atoms with Gasteiger partial charge in [0.1, 0.15) is 22.3 Å². The highest BCUT2D eigenvalue weighted by molar-refractivity contribution is 6.20. The third kappa shape index (κ3) is 7.78. The van der Waals surface area contributed by atoms with Gasteiger partial charge in [-0.3, -0.25) is 0 Å². The van der Waals surface area contributed by atoms with Crippen LogP contribution in [0.2, 0.25) is 0 Å². The van der Waals surface area contributed by atoms with Crippen molar-refractivity contribution in [2.45, 2.75) is 44.4 Å². The van der Waals surface area contributed by atoms with Crippen LogP contribution in [0.1, 0.15) is 54.0 Å². The van der Waals surface area contributed by atoms with Crippen molar-refractivity contribution in [3.63, 3.8) is 0 Å². The number of benzene rings is 12. The van der Waals surface area contributed by atoms with Gasteiger partial charge >= 0.3 is 0 Å². The Morgan fingerprint density at radius 2 is 0.766 bits per heavy atom. The lowest BCUT2D eigenvalue weighted by Crippen LogP contribution is -2.16. The van der Waals surface area contributed by atoms with E-state index in [0.29, 0.717) is 5.92 Å². The van der Waals surface area contributed by atoms with Gasteiger partial charge in [-0.15, -0.1) is 0 Å². The second-order valence-electron chi connectivity index (χ2n) is 21.9. The van der Waals surface area contributed by atoms with Gasteiger partial charge in [-0.2, -0.15) is 0 Å². The van der Waals surface area contributed by atoms with Gasteiger partial charge in [-0.05, 0) is 167 Å². The minimum absolute atomic E-state index is 0.0510. The van der Waals surface area contributed by atoms with Crippen LogP contribution in [-0.2, 0) is 18.3 Å². The average Bonchev–Trinajstić information content (AvgIpc) is 4.23. The number of fused-ring (bicyclic) bond motifs is 13. The van der Waals surface area contributed by atoms with Crippen molar-refractivity contribution in [2.24, 2.45) is 0 Å². The lowest BCUT2D eigenvalue weighted by atomic mass is 9.79. The summed E-state index contributed by atoms with van der Waals surface area (Å²) in [6.45, 7) is 4.78. The minimum Gasteiger partial charge on any atom is -0.456 e. The molecule has 12 aromatic carbocycles. The van der Waals surface area contributed by atoms with E-state index in [9.17, 15) is 0 Å². The van der Waals surface area contributed by atoms with Crippen LogP contribution < -0.4 is 0 Å². The predicted molar refractivity (Wildman–Crippen MR) is 323 cm³/mol. The Balaban J connectivity index is 0.674. The number of hydrogen-bond donors (Lipinski definition) is 0. The first-order valence-electron chi connectivity index (χ1n) is 27.2. The van der Waals surface area contributed by atoms with E-state index in [1.807, 2.05) is 0 Å². The van der Waals surface area contributed by atoms with Crippen LogP contribution >= 0.6 is 0 Å². The highest BCUT2D eigenvalue weighted by Crippen LogP contribution is 2.50. The maximum absolute atomic E-state index is 6.31. The van der Waals surface area contributed by atoms with E-state index in [2.05, 4.69) is 263 Å². The molecule has 1 atom stereocenters. The molecule has 0 saturated carbocycles. The van der Waals surface area contributed by atoms with Crippen molar-refractivity contribution in [3.05, 3.63) is 277 Å². The lowest BCUT2D eigenvalue weighted by molar-refractivity contribution is 0.614. The summed E-state index contributed by atoms with van der Waals surface area (Å²) in [5, 5.41) is 9.57. The summed E-state index contributed by atoms with van der Waals surface area (Å²) in [5.74, 6) is 0.345. The molecule has 2 heterocycles. The van der Waals surface area contributed by atoms with Crippen molar-refractivity contribution in [1.29, 1.82) is 0 Å². The Hall–Kier alpha value is -9.24. The van der Waals surface area contributed by atoms with Gasteiger partial charge in [0.05, 0.1) is 0 Å². The normalized spacial score (nSPS) is 13.3. The Labute approximate surface area is 448 Å². The molecule has 2 nitrogen and oxygen atoms in total. The molecule has 1 unspecified atom stereocenters. The lowest BCUT2D eigenvalue weighted by Gasteiger charge is -2.24. The van der Waals surface area contributed by atoms with Crippen molar-refractivity contribution in [2.75, 3.05) is 0 Å². The van der Waals surface area contributed by atoms with Gasteiger partial charge in [-0.1, -0.05) is 226 Å². The zero-order valence-corrected chi connectivity index (χ0v) is 43.2. The third-order valence-corrected chi connectivity index (χ3v) is 17.1. The fraction of sp³-hybridized carbons (Fsp3) is 0.0933. The quantitative estimate of drug-likeness (QED) is 0.136. The maximum Gasteiger partial charge on any atom is 0.136 e. The molecular formula is C75H54O2. The molecule has 15 rings (SSSR count). The summed E-state index contributed by atoms with van der Waals surface area (Å²) in [6, 6.07) is 91.7. The van der Waals surface area contributed by atoms with Gasteiger partial charge in [0.15, 0.2) is 0 Å². The molecule has 1 aliphatic carbocycles. The third-order valence-electron chi connectivity index (χ3n) is 17.1. The van der Waals surface area contributed by atoms with Crippen LogP contribution in [0, 0.1) is 0 Å². The Kier molecular flexibility index (Phi) is 10.5. The molecule has 0 fully saturated rings. The van der Waals surface area contributed by atoms with E-state index in [-0.39, 0.29) is 5.41 Å². The van der Waals surface area contributed by atoms with E-state index in [0.717, 1.165) is 52.4 Å². The topological polar surface area (TPSA) is 26.3 Å². The molecule has 14 aromatic rings. The first kappa shape index (κ1) is 45.2. The Bertz CT molecular complexity index is 4590. The number of rotatable bonds is 10. The molecule has 1 aliphatic rings. The van der Waals surface area contributed by atoms with Crippen molar-refractivity contribution < 1.29 is 8.83 Å². The fourth-order valence-corrected chi connectivity index (χ4v) is 12.8. The Morgan fingerprint density at radius 3 is 1.31 bits per heavy atom. The van der Waals surface area contributed by atoms with Gasteiger partial charge < -0.3 is 8.83 Å². The number of aryl methyl sites for hydroxylation is 1. The number of furan rings is 2. The van der Waals surface area contributed by atoms with Crippen LogP contribution in [0.4, 0.5) is 0 Å². The first-order chi connectivity index (χ1) is 37.9. The average molecular weight is 987 g/mol. The van der Waals surface area contributed by atoms with Gasteiger partial charge in [-0.25, -0.2) is 0 Å². The predicted octanol–water partition coefficient (Wildman–Crippen LogP) is 20.7. The van der Waals surface area contributed by atoms with Crippen molar-refractivity contribution in [3.8, 4) is 55.6 Å². The van der Waals surface area contributed by atoms with E-state index in [4.69, 9.17) is 8.83 Å². The van der Waals surface area contributed by atoms with Gasteiger partial charge in [0, 0.05) is 27.0 Å². The summed E-state index contributed by atoms with van der Waals surface area (Å²) in [4.78, 5) is 0. The highest BCUT2D eigenvalue weighted by Gasteiger charge is 2.35. The molecular weight excluding hydrogens is 933 g/mol. The molecule has 77 heavy (non-hydrogen) atoms. The molecule has 2 heteroatoms. The largest absolute Gasteiger partial charge is 0.456 e. The highest BCUT2D eigenvalue weighted by atomic mass is 16.3. The van der Waals surface area contributed by atoms with Crippen LogP contribution in [0.5, 0.6) is 0 Å². The summed E-state index contributed by atoms with van der Waals surface area (Å²) in [5.41, 5.74) is 23.0. The summed E-state index contributed by atoms with van der Waals surface area (Å²) in [6.07, 6.45) is 3.01. The van der Waals surface area contributed by atoms with E-state index >= 15 is 0 Å². The second-order valence-corrected chi connectivity index (χ2v) is 21.9. The molecule has 0 amide bonds.